The summed E-state index contributed by atoms with van der Waals surface area (Å²) in [4.78, 5) is 4.25. The van der Waals surface area contributed by atoms with Crippen LogP contribution < -0.4 is 24.8 Å². The van der Waals surface area contributed by atoms with Crippen LogP contribution in [0, 0.1) is 5.92 Å². The first-order valence-electron chi connectivity index (χ1n) is 9.03. The number of hydrogen-bond donors (Lipinski definition) is 2. The number of methoxy groups -OCH3 is 3. The molecule has 2 rings (SSSR count). The zero-order valence-electron chi connectivity index (χ0n) is 16.3. The number of nitrogens with one attached hydrogen (secondary N) is 2. The fourth-order valence-corrected chi connectivity index (χ4v) is 2.56. The van der Waals surface area contributed by atoms with Gasteiger partial charge in [-0.2, -0.15) is 0 Å². The monoisotopic (exact) mass is 365 g/mol. The van der Waals surface area contributed by atoms with Crippen molar-refractivity contribution >= 4 is 5.96 Å². The van der Waals surface area contributed by atoms with Gasteiger partial charge in [-0.25, -0.2) is 0 Å². The minimum atomic E-state index is 0.522. The Balaban J connectivity index is 1.81. The number of benzene rings is 1. The molecule has 26 heavy (non-hydrogen) atoms. The van der Waals surface area contributed by atoms with E-state index in [1.54, 1.807) is 28.4 Å². The first-order chi connectivity index (χ1) is 12.7. The molecule has 0 aromatic heterocycles. The molecule has 7 heteroatoms. The first-order valence-corrected chi connectivity index (χ1v) is 9.03. The van der Waals surface area contributed by atoms with Gasteiger partial charge in [-0.3, -0.25) is 4.99 Å². The van der Waals surface area contributed by atoms with Crippen LogP contribution in [0.5, 0.6) is 17.2 Å². The molecule has 1 aliphatic carbocycles. The topological polar surface area (TPSA) is 73.3 Å². The smallest absolute Gasteiger partial charge is 0.191 e. The van der Waals surface area contributed by atoms with Crippen molar-refractivity contribution in [3.63, 3.8) is 0 Å². The van der Waals surface area contributed by atoms with Gasteiger partial charge in [-0.05, 0) is 25.2 Å². The molecule has 0 heterocycles. The van der Waals surface area contributed by atoms with Gasteiger partial charge in [-0.15, -0.1) is 0 Å². The highest BCUT2D eigenvalue weighted by molar-refractivity contribution is 5.79. The maximum absolute atomic E-state index is 5.64. The van der Waals surface area contributed by atoms with E-state index in [1.807, 2.05) is 12.1 Å². The van der Waals surface area contributed by atoms with E-state index >= 15 is 0 Å². The molecule has 0 unspecified atom stereocenters. The molecule has 1 fully saturated rings. The average molecular weight is 365 g/mol. The SMILES string of the molecule is CN=C(NCCCOCC1CC1)NCc1c(OC)cc(OC)cc1OC. The van der Waals surface area contributed by atoms with Crippen molar-refractivity contribution in [3.8, 4) is 17.2 Å². The Morgan fingerprint density at radius 1 is 1.08 bits per heavy atom. The van der Waals surface area contributed by atoms with E-state index in [0.29, 0.717) is 23.8 Å². The Labute approximate surface area is 156 Å². The minimum Gasteiger partial charge on any atom is -0.496 e. The average Bonchev–Trinajstić information content (AvgIpc) is 3.50. The van der Waals surface area contributed by atoms with Gasteiger partial charge in [0.05, 0.1) is 33.4 Å². The van der Waals surface area contributed by atoms with Crippen molar-refractivity contribution in [2.75, 3.05) is 48.1 Å². The molecule has 0 spiro atoms. The predicted octanol–water partition coefficient (Wildman–Crippen LogP) is 2.19. The number of rotatable bonds is 11. The summed E-state index contributed by atoms with van der Waals surface area (Å²) in [7, 11) is 6.63. The second-order valence-corrected chi connectivity index (χ2v) is 6.23. The molecule has 0 amide bonds. The molecule has 0 saturated heterocycles. The lowest BCUT2D eigenvalue weighted by Crippen LogP contribution is -2.37. The van der Waals surface area contributed by atoms with Crippen LogP contribution in [0.15, 0.2) is 17.1 Å². The zero-order chi connectivity index (χ0) is 18.8. The van der Waals surface area contributed by atoms with Crippen LogP contribution in [0.1, 0.15) is 24.8 Å². The Morgan fingerprint density at radius 3 is 2.31 bits per heavy atom. The number of aliphatic imine (C=N–C) groups is 1. The third-order valence-electron chi connectivity index (χ3n) is 4.28. The molecule has 0 bridgehead atoms. The second kappa shape index (κ2) is 10.8. The molecule has 1 aliphatic rings. The Bertz CT molecular complexity index is 563. The van der Waals surface area contributed by atoms with Crippen LogP contribution in [0.25, 0.3) is 0 Å². The fourth-order valence-electron chi connectivity index (χ4n) is 2.56. The number of ether oxygens (including phenoxy) is 4. The van der Waals surface area contributed by atoms with E-state index in [-0.39, 0.29) is 0 Å². The van der Waals surface area contributed by atoms with Crippen LogP contribution in [0.4, 0.5) is 0 Å². The summed E-state index contributed by atoms with van der Waals surface area (Å²) in [5.74, 6) is 3.64. The maximum Gasteiger partial charge on any atom is 0.191 e. The van der Waals surface area contributed by atoms with Gasteiger partial charge in [0, 0.05) is 38.9 Å². The molecule has 146 valence electrons. The van der Waals surface area contributed by atoms with E-state index in [2.05, 4.69) is 15.6 Å². The van der Waals surface area contributed by atoms with Crippen molar-refractivity contribution in [1.82, 2.24) is 10.6 Å². The van der Waals surface area contributed by atoms with E-state index in [4.69, 9.17) is 18.9 Å². The van der Waals surface area contributed by atoms with Gasteiger partial charge < -0.3 is 29.6 Å². The number of hydrogen-bond acceptors (Lipinski definition) is 5. The Hall–Kier alpha value is -2.15. The van der Waals surface area contributed by atoms with E-state index < -0.39 is 0 Å². The first kappa shape index (κ1) is 20.2. The van der Waals surface area contributed by atoms with E-state index in [9.17, 15) is 0 Å². The summed E-state index contributed by atoms with van der Waals surface area (Å²) in [5, 5.41) is 6.58. The molecular formula is C19H31N3O4. The largest absolute Gasteiger partial charge is 0.496 e. The summed E-state index contributed by atoms with van der Waals surface area (Å²) in [6.07, 6.45) is 3.60. The summed E-state index contributed by atoms with van der Waals surface area (Å²) < 4.78 is 21.9. The van der Waals surface area contributed by atoms with Gasteiger partial charge in [-0.1, -0.05) is 0 Å². The van der Waals surface area contributed by atoms with Crippen LogP contribution in [0.3, 0.4) is 0 Å². The second-order valence-electron chi connectivity index (χ2n) is 6.23. The normalized spacial score (nSPS) is 14.1. The molecule has 0 radical (unpaired) electrons. The third kappa shape index (κ3) is 6.29. The van der Waals surface area contributed by atoms with Gasteiger partial charge in [0.1, 0.15) is 17.2 Å². The standard InChI is InChI=1S/C19H31N3O4/c1-20-19(21-8-5-9-26-13-14-6-7-14)22-12-16-17(24-3)10-15(23-2)11-18(16)25-4/h10-11,14H,5-9,12-13H2,1-4H3,(H2,20,21,22). The van der Waals surface area contributed by atoms with E-state index in [1.165, 1.54) is 12.8 Å². The minimum absolute atomic E-state index is 0.522. The molecule has 0 atom stereocenters. The third-order valence-corrected chi connectivity index (χ3v) is 4.28. The van der Waals surface area contributed by atoms with Crippen molar-refractivity contribution < 1.29 is 18.9 Å². The van der Waals surface area contributed by atoms with Crippen LogP contribution in [-0.4, -0.2) is 54.1 Å². The van der Waals surface area contributed by atoms with Crippen molar-refractivity contribution in [1.29, 1.82) is 0 Å². The van der Waals surface area contributed by atoms with Crippen molar-refractivity contribution in [2.24, 2.45) is 10.9 Å². The lowest BCUT2D eigenvalue weighted by Gasteiger charge is -2.17. The van der Waals surface area contributed by atoms with Gasteiger partial charge in [0.25, 0.3) is 0 Å². The lowest BCUT2D eigenvalue weighted by molar-refractivity contribution is 0.123. The summed E-state index contributed by atoms with van der Waals surface area (Å²) in [6.45, 7) is 3.01. The lowest BCUT2D eigenvalue weighted by atomic mass is 10.1. The summed E-state index contributed by atoms with van der Waals surface area (Å²) in [6, 6.07) is 3.68. The zero-order valence-corrected chi connectivity index (χ0v) is 16.3. The maximum atomic E-state index is 5.64. The summed E-state index contributed by atoms with van der Waals surface area (Å²) in [5.41, 5.74) is 0.909. The van der Waals surface area contributed by atoms with Crippen molar-refractivity contribution in [3.05, 3.63) is 17.7 Å². The molecule has 1 aromatic rings. The van der Waals surface area contributed by atoms with Gasteiger partial charge in [0.15, 0.2) is 5.96 Å². The highest BCUT2D eigenvalue weighted by atomic mass is 16.5. The fraction of sp³-hybridized carbons (Fsp3) is 0.632. The Morgan fingerprint density at radius 2 is 1.77 bits per heavy atom. The van der Waals surface area contributed by atoms with E-state index in [0.717, 1.165) is 43.6 Å². The Kier molecular flexibility index (Phi) is 8.34. The van der Waals surface area contributed by atoms with Gasteiger partial charge in [0.2, 0.25) is 0 Å². The molecule has 7 nitrogen and oxygen atoms in total. The van der Waals surface area contributed by atoms with Crippen LogP contribution in [0.2, 0.25) is 0 Å². The molecule has 1 aromatic carbocycles. The van der Waals surface area contributed by atoms with Gasteiger partial charge >= 0.3 is 0 Å². The highest BCUT2D eigenvalue weighted by Crippen LogP contribution is 2.33. The number of nitrogens with zero attached hydrogens (tertiary/aromatic N) is 1. The molecular weight excluding hydrogens is 334 g/mol. The van der Waals surface area contributed by atoms with Crippen LogP contribution in [-0.2, 0) is 11.3 Å². The number of guanidine groups is 1. The molecule has 0 aliphatic heterocycles. The molecule has 2 N–H and O–H groups in total. The summed E-state index contributed by atoms with van der Waals surface area (Å²) >= 11 is 0. The predicted molar refractivity (Wildman–Crippen MR) is 102 cm³/mol. The van der Waals surface area contributed by atoms with Crippen molar-refractivity contribution in [2.45, 2.75) is 25.8 Å². The van der Waals surface area contributed by atoms with Crippen LogP contribution >= 0.6 is 0 Å². The molecule has 1 saturated carbocycles. The highest BCUT2D eigenvalue weighted by Gasteiger charge is 2.20. The quantitative estimate of drug-likeness (QED) is 0.356.